The molecule has 1 amide bonds. The third kappa shape index (κ3) is 3.50. The first-order valence-corrected chi connectivity index (χ1v) is 9.40. The van der Waals surface area contributed by atoms with E-state index in [9.17, 15) is 18.0 Å². The maximum atomic E-state index is 13.0. The predicted octanol–water partition coefficient (Wildman–Crippen LogP) is 3.26. The summed E-state index contributed by atoms with van der Waals surface area (Å²) in [4.78, 5) is 23.9. The summed E-state index contributed by atoms with van der Waals surface area (Å²) in [5, 5.41) is 0. The van der Waals surface area contributed by atoms with Gasteiger partial charge in [-0.2, -0.15) is 13.2 Å². The molecule has 1 saturated heterocycles. The fourth-order valence-electron chi connectivity index (χ4n) is 3.95. The summed E-state index contributed by atoms with van der Waals surface area (Å²) in [5.41, 5.74) is -0.897. The molecule has 4 rings (SSSR count). The van der Waals surface area contributed by atoms with Crippen LogP contribution in [0.15, 0.2) is 12.4 Å². The Labute approximate surface area is 150 Å². The fourth-order valence-corrected chi connectivity index (χ4v) is 3.95. The minimum Gasteiger partial charge on any atom is -0.350 e. The monoisotopic (exact) mass is 368 g/mol. The standard InChI is InChI=1S/C18H23F3N4O/c19-18(20,21)15-10-16(23-11-22-15)25(13-4-5-13)14-6-8-24(9-7-14)17(26)12-2-1-3-12/h10-14H,1-9H2. The van der Waals surface area contributed by atoms with Gasteiger partial charge in [0.1, 0.15) is 17.8 Å². The second kappa shape index (κ2) is 6.70. The average Bonchev–Trinajstić information content (AvgIpc) is 3.38. The first-order chi connectivity index (χ1) is 12.4. The van der Waals surface area contributed by atoms with Crippen LogP contribution in [-0.2, 0) is 11.0 Å². The highest BCUT2D eigenvalue weighted by Crippen LogP contribution is 2.37. The van der Waals surface area contributed by atoms with E-state index >= 15 is 0 Å². The molecular formula is C18H23F3N4O. The quantitative estimate of drug-likeness (QED) is 0.819. The first kappa shape index (κ1) is 17.5. The van der Waals surface area contributed by atoms with Gasteiger partial charge in [0.25, 0.3) is 0 Å². The minimum absolute atomic E-state index is 0.129. The van der Waals surface area contributed by atoms with E-state index in [4.69, 9.17) is 0 Å². The lowest BCUT2D eigenvalue weighted by atomic mass is 9.84. The van der Waals surface area contributed by atoms with Crippen LogP contribution in [0.5, 0.6) is 0 Å². The van der Waals surface area contributed by atoms with E-state index in [2.05, 4.69) is 9.97 Å². The van der Waals surface area contributed by atoms with Crippen LogP contribution in [0.1, 0.15) is 50.6 Å². The number of carbonyl (C=O) groups is 1. The van der Waals surface area contributed by atoms with Gasteiger partial charge in [-0.3, -0.25) is 4.79 Å². The van der Waals surface area contributed by atoms with Crippen molar-refractivity contribution in [2.24, 2.45) is 5.92 Å². The molecule has 3 fully saturated rings. The Hall–Kier alpha value is -1.86. The van der Waals surface area contributed by atoms with Gasteiger partial charge in [0.2, 0.25) is 5.91 Å². The number of amides is 1. The normalized spacial score (nSPS) is 22.2. The summed E-state index contributed by atoms with van der Waals surface area (Å²) in [6.07, 6.45) is 3.17. The first-order valence-electron chi connectivity index (χ1n) is 9.40. The van der Waals surface area contributed by atoms with E-state index < -0.39 is 11.9 Å². The van der Waals surface area contributed by atoms with Crippen molar-refractivity contribution in [2.75, 3.05) is 18.0 Å². The molecule has 5 nitrogen and oxygen atoms in total. The topological polar surface area (TPSA) is 49.3 Å². The zero-order valence-electron chi connectivity index (χ0n) is 14.6. The summed E-state index contributed by atoms with van der Waals surface area (Å²) in [6.45, 7) is 1.36. The van der Waals surface area contributed by atoms with Crippen molar-refractivity contribution >= 4 is 11.7 Å². The Kier molecular flexibility index (Phi) is 4.52. The number of halogens is 3. The smallest absolute Gasteiger partial charge is 0.350 e. The summed E-state index contributed by atoms with van der Waals surface area (Å²) in [7, 11) is 0. The number of hydrogen-bond acceptors (Lipinski definition) is 4. The van der Waals surface area contributed by atoms with Crippen LogP contribution >= 0.6 is 0 Å². The number of carbonyl (C=O) groups excluding carboxylic acids is 1. The van der Waals surface area contributed by atoms with E-state index in [-0.39, 0.29) is 23.9 Å². The van der Waals surface area contributed by atoms with Crippen molar-refractivity contribution in [3.8, 4) is 0 Å². The van der Waals surface area contributed by atoms with E-state index in [1.807, 2.05) is 9.80 Å². The molecule has 0 atom stereocenters. The molecule has 3 aliphatic rings. The van der Waals surface area contributed by atoms with Crippen LogP contribution in [-0.4, -0.2) is 45.9 Å². The second-order valence-corrected chi connectivity index (χ2v) is 7.58. The molecule has 0 aromatic carbocycles. The molecule has 2 saturated carbocycles. The number of anilines is 1. The lowest BCUT2D eigenvalue weighted by Gasteiger charge is -2.41. The van der Waals surface area contributed by atoms with Gasteiger partial charge in [0.15, 0.2) is 0 Å². The highest BCUT2D eigenvalue weighted by molar-refractivity contribution is 5.79. The number of piperidine rings is 1. The zero-order chi connectivity index (χ0) is 18.3. The molecule has 0 N–H and O–H groups in total. The summed E-state index contributed by atoms with van der Waals surface area (Å²) in [6, 6.07) is 1.44. The van der Waals surface area contributed by atoms with E-state index in [1.54, 1.807) is 0 Å². The number of rotatable bonds is 4. The van der Waals surface area contributed by atoms with Crippen LogP contribution in [0.2, 0.25) is 0 Å². The Balaban J connectivity index is 1.46. The van der Waals surface area contributed by atoms with Crippen molar-refractivity contribution in [1.82, 2.24) is 14.9 Å². The Morgan fingerprint density at radius 3 is 2.23 bits per heavy atom. The molecule has 0 bridgehead atoms. The predicted molar refractivity (Wildman–Crippen MR) is 89.5 cm³/mol. The third-order valence-corrected chi connectivity index (χ3v) is 5.77. The lowest BCUT2D eigenvalue weighted by molar-refractivity contribution is -0.141. The number of aromatic nitrogens is 2. The molecule has 142 valence electrons. The van der Waals surface area contributed by atoms with Gasteiger partial charge in [0, 0.05) is 37.2 Å². The highest BCUT2D eigenvalue weighted by Gasteiger charge is 2.40. The second-order valence-electron chi connectivity index (χ2n) is 7.58. The molecule has 0 spiro atoms. The molecule has 1 aromatic rings. The van der Waals surface area contributed by atoms with E-state index in [0.29, 0.717) is 18.9 Å². The van der Waals surface area contributed by atoms with Gasteiger partial charge in [-0.15, -0.1) is 0 Å². The van der Waals surface area contributed by atoms with Crippen molar-refractivity contribution in [1.29, 1.82) is 0 Å². The van der Waals surface area contributed by atoms with Crippen LogP contribution in [0.25, 0.3) is 0 Å². The van der Waals surface area contributed by atoms with Gasteiger partial charge < -0.3 is 9.80 Å². The van der Waals surface area contributed by atoms with Gasteiger partial charge in [-0.1, -0.05) is 6.42 Å². The molecular weight excluding hydrogens is 345 g/mol. The maximum Gasteiger partial charge on any atom is 0.433 e. The van der Waals surface area contributed by atoms with Gasteiger partial charge in [-0.05, 0) is 38.5 Å². The zero-order valence-corrected chi connectivity index (χ0v) is 14.6. The molecule has 1 aromatic heterocycles. The number of nitrogens with zero attached hydrogens (tertiary/aromatic N) is 4. The molecule has 2 aliphatic carbocycles. The number of hydrogen-bond donors (Lipinski definition) is 0. The Morgan fingerprint density at radius 1 is 1.04 bits per heavy atom. The summed E-state index contributed by atoms with van der Waals surface area (Å²) < 4.78 is 39.0. The molecule has 8 heteroatoms. The third-order valence-electron chi connectivity index (χ3n) is 5.77. The molecule has 1 aliphatic heterocycles. The van der Waals surface area contributed by atoms with Crippen molar-refractivity contribution < 1.29 is 18.0 Å². The lowest BCUT2D eigenvalue weighted by Crippen LogP contribution is -2.50. The molecule has 0 radical (unpaired) electrons. The van der Waals surface area contributed by atoms with E-state index in [0.717, 1.165) is 57.3 Å². The average molecular weight is 368 g/mol. The van der Waals surface area contributed by atoms with Gasteiger partial charge in [-0.25, -0.2) is 9.97 Å². The van der Waals surface area contributed by atoms with Crippen molar-refractivity contribution in [3.05, 3.63) is 18.1 Å². The number of alkyl halides is 3. The van der Waals surface area contributed by atoms with Crippen molar-refractivity contribution in [3.63, 3.8) is 0 Å². The number of likely N-dealkylation sites (tertiary alicyclic amines) is 1. The molecule has 26 heavy (non-hydrogen) atoms. The Morgan fingerprint density at radius 2 is 1.69 bits per heavy atom. The van der Waals surface area contributed by atoms with Crippen LogP contribution in [0.4, 0.5) is 19.0 Å². The maximum absolute atomic E-state index is 13.0. The SMILES string of the molecule is O=C(C1CCC1)N1CCC(N(c2cc(C(F)(F)F)ncn2)C2CC2)CC1. The van der Waals surface area contributed by atoms with Crippen LogP contribution in [0.3, 0.4) is 0 Å². The summed E-state index contributed by atoms with van der Waals surface area (Å²) >= 11 is 0. The van der Waals surface area contributed by atoms with Crippen LogP contribution in [0, 0.1) is 5.92 Å². The van der Waals surface area contributed by atoms with Gasteiger partial charge in [0.05, 0.1) is 0 Å². The van der Waals surface area contributed by atoms with Gasteiger partial charge >= 0.3 is 6.18 Å². The van der Waals surface area contributed by atoms with E-state index in [1.165, 1.54) is 0 Å². The van der Waals surface area contributed by atoms with Crippen molar-refractivity contribution in [2.45, 2.75) is 63.2 Å². The largest absolute Gasteiger partial charge is 0.433 e. The minimum atomic E-state index is -4.47. The molecule has 2 heterocycles. The molecule has 0 unspecified atom stereocenters. The summed E-state index contributed by atoms with van der Waals surface area (Å²) in [5.74, 6) is 0.815. The van der Waals surface area contributed by atoms with Crippen LogP contribution < -0.4 is 4.90 Å². The fraction of sp³-hybridized carbons (Fsp3) is 0.722. The Bertz CT molecular complexity index is 665. The highest BCUT2D eigenvalue weighted by atomic mass is 19.4.